The van der Waals surface area contributed by atoms with Crippen molar-refractivity contribution >= 4 is 17.6 Å². The fourth-order valence-corrected chi connectivity index (χ4v) is 2.51. The normalized spacial score (nSPS) is 17.5. The van der Waals surface area contributed by atoms with Crippen molar-refractivity contribution in [2.24, 2.45) is 5.92 Å². The number of nitrogens with one attached hydrogen (secondary N) is 2. The Balaban J connectivity index is 1.94. The molecule has 21 heavy (non-hydrogen) atoms. The van der Waals surface area contributed by atoms with Crippen LogP contribution in [0.5, 0.6) is 0 Å². The zero-order valence-corrected chi connectivity index (χ0v) is 12.6. The highest BCUT2D eigenvalue weighted by Crippen LogP contribution is 2.19. The van der Waals surface area contributed by atoms with Gasteiger partial charge in [0.25, 0.3) is 0 Å². The van der Waals surface area contributed by atoms with Crippen LogP contribution in [0.4, 0.5) is 5.69 Å². The molecular weight excluding hydrogens is 268 g/mol. The summed E-state index contributed by atoms with van der Waals surface area (Å²) in [5.74, 6) is 0.188. The third kappa shape index (κ3) is 4.29. The van der Waals surface area contributed by atoms with Crippen LogP contribution in [0, 0.1) is 12.8 Å². The Morgan fingerprint density at radius 1 is 1.43 bits per heavy atom. The first-order chi connectivity index (χ1) is 10.1. The lowest BCUT2D eigenvalue weighted by Crippen LogP contribution is -2.16. The molecule has 0 aromatic heterocycles. The predicted octanol–water partition coefficient (Wildman–Crippen LogP) is 2.11. The highest BCUT2D eigenvalue weighted by atomic mass is 16.5. The first kappa shape index (κ1) is 15.5. The molecule has 5 nitrogen and oxygen atoms in total. The van der Waals surface area contributed by atoms with Gasteiger partial charge in [-0.05, 0) is 56.5 Å². The van der Waals surface area contributed by atoms with Gasteiger partial charge in [-0.25, -0.2) is 4.79 Å². The number of carbonyl (C=O) groups is 2. The molecule has 0 bridgehead atoms. The van der Waals surface area contributed by atoms with Gasteiger partial charge >= 0.3 is 5.97 Å². The monoisotopic (exact) mass is 290 g/mol. The molecule has 1 atom stereocenters. The van der Waals surface area contributed by atoms with Crippen molar-refractivity contribution in [3.63, 3.8) is 0 Å². The molecule has 1 fully saturated rings. The predicted molar refractivity (Wildman–Crippen MR) is 81.4 cm³/mol. The molecule has 0 aliphatic carbocycles. The number of benzene rings is 1. The summed E-state index contributed by atoms with van der Waals surface area (Å²) in [6.45, 7) is 3.95. The van der Waals surface area contributed by atoms with Gasteiger partial charge in [0.15, 0.2) is 0 Å². The van der Waals surface area contributed by atoms with Crippen LogP contribution in [0.3, 0.4) is 0 Å². The third-order valence-electron chi connectivity index (χ3n) is 3.87. The van der Waals surface area contributed by atoms with E-state index in [0.29, 0.717) is 23.6 Å². The second-order valence-corrected chi connectivity index (χ2v) is 5.47. The summed E-state index contributed by atoms with van der Waals surface area (Å²) >= 11 is 0. The van der Waals surface area contributed by atoms with Crippen LogP contribution < -0.4 is 10.6 Å². The smallest absolute Gasteiger partial charge is 0.337 e. The maximum Gasteiger partial charge on any atom is 0.337 e. The molecule has 114 valence electrons. The number of aryl methyl sites for hydroxylation is 1. The summed E-state index contributed by atoms with van der Waals surface area (Å²) in [5.41, 5.74) is 2.05. The van der Waals surface area contributed by atoms with Crippen molar-refractivity contribution in [3.05, 3.63) is 29.3 Å². The van der Waals surface area contributed by atoms with Gasteiger partial charge in [0.05, 0.1) is 12.7 Å². The van der Waals surface area contributed by atoms with E-state index in [0.717, 1.165) is 31.5 Å². The second-order valence-electron chi connectivity index (χ2n) is 5.47. The first-order valence-electron chi connectivity index (χ1n) is 7.29. The summed E-state index contributed by atoms with van der Waals surface area (Å²) in [7, 11) is 1.34. The molecule has 1 saturated heterocycles. The molecule has 5 heteroatoms. The van der Waals surface area contributed by atoms with E-state index in [4.69, 9.17) is 4.74 Å². The van der Waals surface area contributed by atoms with E-state index in [9.17, 15) is 9.59 Å². The van der Waals surface area contributed by atoms with E-state index in [1.165, 1.54) is 7.11 Å². The van der Waals surface area contributed by atoms with Gasteiger partial charge in [-0.15, -0.1) is 0 Å². The van der Waals surface area contributed by atoms with Gasteiger partial charge in [-0.2, -0.15) is 0 Å². The molecule has 1 heterocycles. The average Bonchev–Trinajstić information content (AvgIpc) is 3.00. The molecular formula is C16H22N2O3. The van der Waals surface area contributed by atoms with Gasteiger partial charge in [-0.3, -0.25) is 4.79 Å². The Bertz CT molecular complexity index is 522. The number of amides is 1. The molecule has 2 N–H and O–H groups in total. The van der Waals surface area contributed by atoms with E-state index < -0.39 is 5.97 Å². The average molecular weight is 290 g/mol. The zero-order chi connectivity index (χ0) is 15.2. The fourth-order valence-electron chi connectivity index (χ4n) is 2.51. The Morgan fingerprint density at radius 2 is 2.24 bits per heavy atom. The van der Waals surface area contributed by atoms with Crippen molar-refractivity contribution in [2.45, 2.75) is 26.2 Å². The van der Waals surface area contributed by atoms with E-state index in [2.05, 4.69) is 10.6 Å². The number of carbonyl (C=O) groups excluding carboxylic acids is 2. The third-order valence-corrected chi connectivity index (χ3v) is 3.87. The highest BCUT2D eigenvalue weighted by molar-refractivity contribution is 5.95. The van der Waals surface area contributed by atoms with Gasteiger partial charge in [0.1, 0.15) is 0 Å². The molecule has 0 radical (unpaired) electrons. The van der Waals surface area contributed by atoms with Gasteiger partial charge in [0.2, 0.25) is 5.91 Å². The minimum absolute atomic E-state index is 0.00739. The standard InChI is InChI=1S/C16H22N2O3/c1-11-3-5-13(16(20)21-2)9-14(11)18-15(19)6-4-12-7-8-17-10-12/h3,5,9,12,17H,4,6-8,10H2,1-2H3,(H,18,19). The van der Waals surface area contributed by atoms with Crippen molar-refractivity contribution in [1.82, 2.24) is 5.32 Å². The lowest BCUT2D eigenvalue weighted by Gasteiger charge is -2.11. The summed E-state index contributed by atoms with van der Waals surface area (Å²) in [5, 5.41) is 6.18. The molecule has 1 unspecified atom stereocenters. The number of ether oxygens (including phenoxy) is 1. The summed E-state index contributed by atoms with van der Waals surface area (Å²) in [6.07, 6.45) is 2.55. The maximum atomic E-state index is 12.0. The minimum atomic E-state index is -0.400. The minimum Gasteiger partial charge on any atom is -0.465 e. The van der Waals surface area contributed by atoms with Gasteiger partial charge in [-0.1, -0.05) is 6.07 Å². The van der Waals surface area contributed by atoms with E-state index >= 15 is 0 Å². The van der Waals surface area contributed by atoms with Crippen molar-refractivity contribution in [1.29, 1.82) is 0 Å². The topological polar surface area (TPSA) is 67.4 Å². The molecule has 1 aliphatic rings. The Labute approximate surface area is 125 Å². The van der Waals surface area contributed by atoms with Crippen molar-refractivity contribution < 1.29 is 14.3 Å². The van der Waals surface area contributed by atoms with Crippen LogP contribution in [0.1, 0.15) is 35.2 Å². The Morgan fingerprint density at radius 3 is 2.90 bits per heavy atom. The van der Waals surface area contributed by atoms with Crippen molar-refractivity contribution in [2.75, 3.05) is 25.5 Å². The largest absolute Gasteiger partial charge is 0.465 e. The van der Waals surface area contributed by atoms with Crippen LogP contribution in [-0.4, -0.2) is 32.1 Å². The van der Waals surface area contributed by atoms with E-state index in [1.807, 2.05) is 13.0 Å². The zero-order valence-electron chi connectivity index (χ0n) is 12.6. The van der Waals surface area contributed by atoms with E-state index in [-0.39, 0.29) is 5.91 Å². The Kier molecular flexibility index (Phi) is 5.33. The summed E-state index contributed by atoms with van der Waals surface area (Å²) < 4.78 is 4.69. The van der Waals surface area contributed by atoms with Crippen LogP contribution in [0.2, 0.25) is 0 Å². The SMILES string of the molecule is COC(=O)c1ccc(C)c(NC(=O)CCC2CCNC2)c1. The maximum absolute atomic E-state index is 12.0. The van der Waals surface area contributed by atoms with Crippen LogP contribution in [0.15, 0.2) is 18.2 Å². The van der Waals surface area contributed by atoms with Crippen LogP contribution >= 0.6 is 0 Å². The first-order valence-corrected chi connectivity index (χ1v) is 7.29. The number of anilines is 1. The van der Waals surface area contributed by atoms with Gasteiger partial charge in [0, 0.05) is 12.1 Å². The number of methoxy groups -OCH3 is 1. The number of hydrogen-bond donors (Lipinski definition) is 2. The number of hydrogen-bond acceptors (Lipinski definition) is 4. The van der Waals surface area contributed by atoms with Gasteiger partial charge < -0.3 is 15.4 Å². The molecule has 1 aromatic carbocycles. The summed E-state index contributed by atoms with van der Waals surface area (Å²) in [4.78, 5) is 23.5. The van der Waals surface area contributed by atoms with E-state index in [1.54, 1.807) is 12.1 Å². The fraction of sp³-hybridized carbons (Fsp3) is 0.500. The molecule has 0 spiro atoms. The second kappa shape index (κ2) is 7.22. The molecule has 1 amide bonds. The molecule has 1 aliphatic heterocycles. The Hall–Kier alpha value is -1.88. The quantitative estimate of drug-likeness (QED) is 0.815. The van der Waals surface area contributed by atoms with Crippen molar-refractivity contribution in [3.8, 4) is 0 Å². The van der Waals surface area contributed by atoms with Crippen LogP contribution in [0.25, 0.3) is 0 Å². The number of rotatable bonds is 5. The molecule has 2 rings (SSSR count). The summed E-state index contributed by atoms with van der Waals surface area (Å²) in [6, 6.07) is 5.17. The number of esters is 1. The molecule has 0 saturated carbocycles. The highest BCUT2D eigenvalue weighted by Gasteiger charge is 2.16. The lowest BCUT2D eigenvalue weighted by molar-refractivity contribution is -0.116. The lowest BCUT2D eigenvalue weighted by atomic mass is 10.0. The molecule has 1 aromatic rings. The van der Waals surface area contributed by atoms with Crippen LogP contribution in [-0.2, 0) is 9.53 Å².